The van der Waals surface area contributed by atoms with Crippen molar-refractivity contribution in [2.75, 3.05) is 57.3 Å². The van der Waals surface area contributed by atoms with E-state index in [-0.39, 0.29) is 6.61 Å². The van der Waals surface area contributed by atoms with E-state index in [1.54, 1.807) is 16.4 Å². The molecule has 2 aliphatic heterocycles. The predicted molar refractivity (Wildman–Crippen MR) is 90.2 cm³/mol. The SMILES string of the molecule is O=S(=O)(c1ccc(N2CCCC2)cc1)N1CCN(CCO)CC1. The van der Waals surface area contributed by atoms with Gasteiger partial charge in [0.1, 0.15) is 0 Å². The molecule has 0 spiro atoms. The summed E-state index contributed by atoms with van der Waals surface area (Å²) in [6.45, 7) is 5.14. The van der Waals surface area contributed by atoms with Gasteiger partial charge >= 0.3 is 0 Å². The van der Waals surface area contributed by atoms with Crippen LogP contribution in [0.15, 0.2) is 29.2 Å². The molecule has 23 heavy (non-hydrogen) atoms. The van der Waals surface area contributed by atoms with Gasteiger partial charge in [0, 0.05) is 51.5 Å². The van der Waals surface area contributed by atoms with Gasteiger partial charge in [-0.3, -0.25) is 4.90 Å². The lowest BCUT2D eigenvalue weighted by Crippen LogP contribution is -2.49. The Balaban J connectivity index is 1.67. The van der Waals surface area contributed by atoms with Gasteiger partial charge in [0.15, 0.2) is 0 Å². The lowest BCUT2D eigenvalue weighted by Gasteiger charge is -2.33. The van der Waals surface area contributed by atoms with Gasteiger partial charge in [-0.25, -0.2) is 8.42 Å². The van der Waals surface area contributed by atoms with E-state index in [0.717, 1.165) is 18.8 Å². The molecule has 1 aromatic rings. The molecule has 0 aromatic heterocycles. The van der Waals surface area contributed by atoms with Gasteiger partial charge in [-0.15, -0.1) is 0 Å². The zero-order chi connectivity index (χ0) is 16.3. The van der Waals surface area contributed by atoms with Crippen molar-refractivity contribution in [3.05, 3.63) is 24.3 Å². The highest BCUT2D eigenvalue weighted by Gasteiger charge is 2.28. The Morgan fingerprint density at radius 2 is 1.52 bits per heavy atom. The number of benzene rings is 1. The zero-order valence-corrected chi connectivity index (χ0v) is 14.2. The standard InChI is InChI=1S/C16H25N3O3S/c20-14-13-17-9-11-19(12-10-17)23(21,22)16-5-3-15(4-6-16)18-7-1-2-8-18/h3-6,20H,1-2,7-14H2. The largest absolute Gasteiger partial charge is 0.395 e. The van der Waals surface area contributed by atoms with Crippen LogP contribution in [0.5, 0.6) is 0 Å². The summed E-state index contributed by atoms with van der Waals surface area (Å²) in [5.41, 5.74) is 1.11. The van der Waals surface area contributed by atoms with E-state index in [4.69, 9.17) is 5.11 Å². The number of hydrogen-bond acceptors (Lipinski definition) is 5. The van der Waals surface area contributed by atoms with E-state index < -0.39 is 10.0 Å². The molecule has 1 aromatic carbocycles. The van der Waals surface area contributed by atoms with Crippen molar-refractivity contribution in [2.45, 2.75) is 17.7 Å². The first-order chi connectivity index (χ1) is 11.1. The zero-order valence-electron chi connectivity index (χ0n) is 13.4. The molecule has 0 bridgehead atoms. The van der Waals surface area contributed by atoms with Crippen LogP contribution in [0.1, 0.15) is 12.8 Å². The number of anilines is 1. The summed E-state index contributed by atoms with van der Waals surface area (Å²) in [5.74, 6) is 0. The quantitative estimate of drug-likeness (QED) is 0.850. The molecule has 0 aliphatic carbocycles. The number of hydrogen-bond donors (Lipinski definition) is 1. The monoisotopic (exact) mass is 339 g/mol. The van der Waals surface area contributed by atoms with Gasteiger partial charge in [-0.2, -0.15) is 4.31 Å². The molecule has 3 rings (SSSR count). The summed E-state index contributed by atoms with van der Waals surface area (Å²) >= 11 is 0. The molecule has 2 saturated heterocycles. The maximum Gasteiger partial charge on any atom is 0.243 e. The maximum absolute atomic E-state index is 12.7. The highest BCUT2D eigenvalue weighted by molar-refractivity contribution is 7.89. The van der Waals surface area contributed by atoms with Crippen molar-refractivity contribution < 1.29 is 13.5 Å². The van der Waals surface area contributed by atoms with Crippen LogP contribution in [0.25, 0.3) is 0 Å². The molecular weight excluding hydrogens is 314 g/mol. The Labute approximate surface area is 138 Å². The molecule has 0 saturated carbocycles. The van der Waals surface area contributed by atoms with Crippen molar-refractivity contribution in [3.63, 3.8) is 0 Å². The maximum atomic E-state index is 12.7. The second kappa shape index (κ2) is 7.17. The lowest BCUT2D eigenvalue weighted by atomic mass is 10.3. The van der Waals surface area contributed by atoms with E-state index >= 15 is 0 Å². The molecule has 0 radical (unpaired) electrons. The first-order valence-electron chi connectivity index (χ1n) is 8.29. The summed E-state index contributed by atoms with van der Waals surface area (Å²) in [6, 6.07) is 7.28. The minimum atomic E-state index is -3.42. The average molecular weight is 339 g/mol. The van der Waals surface area contributed by atoms with Crippen LogP contribution >= 0.6 is 0 Å². The van der Waals surface area contributed by atoms with Crippen LogP contribution in [0.4, 0.5) is 5.69 Å². The number of aliphatic hydroxyl groups is 1. The number of β-amino-alcohol motifs (C(OH)–C–C–N with tert-alkyl or cyclic N) is 1. The summed E-state index contributed by atoms with van der Waals surface area (Å²) in [4.78, 5) is 4.75. The van der Waals surface area contributed by atoms with Crippen molar-refractivity contribution in [1.29, 1.82) is 0 Å². The van der Waals surface area contributed by atoms with Crippen molar-refractivity contribution in [3.8, 4) is 0 Å². The minimum absolute atomic E-state index is 0.116. The van der Waals surface area contributed by atoms with E-state index in [1.165, 1.54) is 12.8 Å². The van der Waals surface area contributed by atoms with E-state index in [1.807, 2.05) is 12.1 Å². The average Bonchev–Trinajstić information content (AvgIpc) is 3.10. The highest BCUT2D eigenvalue weighted by atomic mass is 32.2. The molecule has 7 heteroatoms. The number of rotatable bonds is 5. The molecule has 6 nitrogen and oxygen atoms in total. The predicted octanol–water partition coefficient (Wildman–Crippen LogP) is 0.585. The fourth-order valence-corrected chi connectivity index (χ4v) is 4.71. The van der Waals surface area contributed by atoms with Gasteiger partial charge in [0.25, 0.3) is 0 Å². The number of sulfonamides is 1. The molecule has 2 fully saturated rings. The summed E-state index contributed by atoms with van der Waals surface area (Å²) in [5, 5.41) is 8.96. The van der Waals surface area contributed by atoms with E-state index in [0.29, 0.717) is 37.6 Å². The molecule has 128 valence electrons. The number of nitrogens with zero attached hydrogens (tertiary/aromatic N) is 3. The smallest absolute Gasteiger partial charge is 0.243 e. The molecular formula is C16H25N3O3S. The van der Waals surface area contributed by atoms with E-state index in [2.05, 4.69) is 9.80 Å². The molecule has 2 aliphatic rings. The first kappa shape index (κ1) is 16.7. The highest BCUT2D eigenvalue weighted by Crippen LogP contribution is 2.24. The summed E-state index contributed by atoms with van der Waals surface area (Å²) in [6.07, 6.45) is 2.41. The fraction of sp³-hybridized carbons (Fsp3) is 0.625. The first-order valence-corrected chi connectivity index (χ1v) is 9.73. The van der Waals surface area contributed by atoms with Gasteiger partial charge in [-0.1, -0.05) is 0 Å². The van der Waals surface area contributed by atoms with Gasteiger partial charge in [-0.05, 0) is 37.1 Å². The Bertz CT molecular complexity index is 604. The summed E-state index contributed by atoms with van der Waals surface area (Å²) < 4.78 is 27.0. The van der Waals surface area contributed by atoms with Crippen LogP contribution in [-0.4, -0.2) is 75.1 Å². The van der Waals surface area contributed by atoms with Crippen LogP contribution in [0.3, 0.4) is 0 Å². The van der Waals surface area contributed by atoms with Crippen LogP contribution in [0.2, 0.25) is 0 Å². The normalized spacial score (nSPS) is 21.0. The molecule has 0 atom stereocenters. The second-order valence-electron chi connectivity index (χ2n) is 6.16. The minimum Gasteiger partial charge on any atom is -0.395 e. The van der Waals surface area contributed by atoms with Crippen LogP contribution in [0, 0.1) is 0 Å². The van der Waals surface area contributed by atoms with Gasteiger partial charge in [0.2, 0.25) is 10.0 Å². The Hall–Kier alpha value is -1.15. The fourth-order valence-electron chi connectivity index (χ4n) is 3.29. The van der Waals surface area contributed by atoms with Gasteiger partial charge < -0.3 is 10.0 Å². The Morgan fingerprint density at radius 1 is 0.913 bits per heavy atom. The van der Waals surface area contributed by atoms with E-state index in [9.17, 15) is 8.42 Å². The summed E-state index contributed by atoms with van der Waals surface area (Å²) in [7, 11) is -3.42. The van der Waals surface area contributed by atoms with Crippen LogP contribution < -0.4 is 4.90 Å². The van der Waals surface area contributed by atoms with Crippen LogP contribution in [-0.2, 0) is 10.0 Å². The topological polar surface area (TPSA) is 64.1 Å². The number of aliphatic hydroxyl groups excluding tert-OH is 1. The molecule has 0 unspecified atom stereocenters. The third-order valence-corrected chi connectivity index (χ3v) is 6.61. The lowest BCUT2D eigenvalue weighted by molar-refractivity contribution is 0.151. The molecule has 1 N–H and O–H groups in total. The number of piperazine rings is 1. The van der Waals surface area contributed by atoms with Crippen molar-refractivity contribution in [2.24, 2.45) is 0 Å². The Morgan fingerprint density at radius 3 is 2.09 bits per heavy atom. The Kier molecular flexibility index (Phi) is 5.21. The van der Waals surface area contributed by atoms with Gasteiger partial charge in [0.05, 0.1) is 11.5 Å². The molecule has 2 heterocycles. The van der Waals surface area contributed by atoms with Crippen molar-refractivity contribution >= 4 is 15.7 Å². The van der Waals surface area contributed by atoms with Crippen molar-refractivity contribution in [1.82, 2.24) is 9.21 Å². The molecule has 0 amide bonds. The third-order valence-electron chi connectivity index (χ3n) is 4.69. The second-order valence-corrected chi connectivity index (χ2v) is 8.10. The third kappa shape index (κ3) is 3.68.